The predicted octanol–water partition coefficient (Wildman–Crippen LogP) is 0.862. The van der Waals surface area contributed by atoms with Gasteiger partial charge >= 0.3 is 5.97 Å². The minimum Gasteiger partial charge on any atom is -0.464 e. The molecule has 0 aliphatic rings. The van der Waals surface area contributed by atoms with Crippen molar-refractivity contribution in [3.8, 4) is 0 Å². The SMILES string of the molecule is C.C.CCOC(=O)C(CN=C=O)N=C=O. The number of isocyanates is 2. The van der Waals surface area contributed by atoms with Crippen LogP contribution in [0.4, 0.5) is 0 Å². The second kappa shape index (κ2) is 12.2. The molecule has 1 unspecified atom stereocenters. The zero-order valence-corrected chi connectivity index (χ0v) is 7.02. The number of nitrogens with zero attached hydrogens (tertiary/aromatic N) is 2. The number of ether oxygens (including phenoxy) is 1. The Hall–Kier alpha value is -1.77. The van der Waals surface area contributed by atoms with Gasteiger partial charge in [-0.25, -0.2) is 19.4 Å². The van der Waals surface area contributed by atoms with E-state index in [-0.39, 0.29) is 28.0 Å². The molecule has 15 heavy (non-hydrogen) atoms. The molecule has 0 aromatic rings. The predicted molar refractivity (Wildman–Crippen MR) is 55.0 cm³/mol. The van der Waals surface area contributed by atoms with Crippen LogP contribution in [-0.2, 0) is 19.1 Å². The summed E-state index contributed by atoms with van der Waals surface area (Å²) in [6.45, 7) is 1.55. The largest absolute Gasteiger partial charge is 0.464 e. The molecule has 0 N–H and O–H groups in total. The first-order valence-corrected chi connectivity index (χ1v) is 3.53. The van der Waals surface area contributed by atoms with E-state index >= 15 is 0 Å². The molecule has 0 rings (SSSR count). The Morgan fingerprint density at radius 2 is 1.93 bits per heavy atom. The van der Waals surface area contributed by atoms with Crippen LogP contribution in [0.15, 0.2) is 9.98 Å². The second-order valence-electron chi connectivity index (χ2n) is 1.92. The van der Waals surface area contributed by atoms with Crippen molar-refractivity contribution in [1.29, 1.82) is 0 Å². The Kier molecular flexibility index (Phi) is 15.4. The monoisotopic (exact) mass is 216 g/mol. The van der Waals surface area contributed by atoms with E-state index in [0.29, 0.717) is 0 Å². The Morgan fingerprint density at radius 1 is 1.33 bits per heavy atom. The highest BCUT2D eigenvalue weighted by atomic mass is 16.5. The minimum absolute atomic E-state index is 0. The molecule has 86 valence electrons. The maximum absolute atomic E-state index is 11.0. The Morgan fingerprint density at radius 3 is 2.33 bits per heavy atom. The summed E-state index contributed by atoms with van der Waals surface area (Å²) >= 11 is 0. The molecule has 0 aliphatic heterocycles. The zero-order valence-electron chi connectivity index (χ0n) is 7.02. The lowest BCUT2D eigenvalue weighted by atomic mass is 10.3. The summed E-state index contributed by atoms with van der Waals surface area (Å²) in [6, 6.07) is -1.08. The van der Waals surface area contributed by atoms with Crippen molar-refractivity contribution in [3.05, 3.63) is 0 Å². The summed E-state index contributed by atoms with van der Waals surface area (Å²) < 4.78 is 4.55. The highest BCUT2D eigenvalue weighted by Crippen LogP contribution is 1.94. The van der Waals surface area contributed by atoms with Crippen molar-refractivity contribution in [2.75, 3.05) is 13.2 Å². The molecule has 0 aromatic carbocycles. The topological polar surface area (TPSA) is 85.2 Å². The number of carbonyl (C=O) groups is 1. The first kappa shape index (κ1) is 18.9. The normalized spacial score (nSPS) is 9.13. The molecule has 6 nitrogen and oxygen atoms in total. The fourth-order valence-corrected chi connectivity index (χ4v) is 0.594. The first-order valence-electron chi connectivity index (χ1n) is 3.53. The molecule has 6 heteroatoms. The van der Waals surface area contributed by atoms with Crippen molar-refractivity contribution >= 4 is 18.1 Å². The molecule has 0 radical (unpaired) electrons. The standard InChI is InChI=1S/C7H8N2O4.2CH4/c1-2-13-7(12)6(9-5-11)3-8-4-10;;/h6H,2-3H2,1H3;2*1H4. The lowest BCUT2D eigenvalue weighted by Gasteiger charge is -2.04. The van der Waals surface area contributed by atoms with Gasteiger partial charge in [-0.2, -0.15) is 4.99 Å². The van der Waals surface area contributed by atoms with Crippen molar-refractivity contribution in [2.24, 2.45) is 9.98 Å². The molecular formula is C9H16N2O4. The third kappa shape index (κ3) is 8.56. The fourth-order valence-electron chi connectivity index (χ4n) is 0.594. The highest BCUT2D eigenvalue weighted by molar-refractivity contribution is 5.77. The summed E-state index contributed by atoms with van der Waals surface area (Å²) in [4.78, 5) is 36.8. The molecule has 0 heterocycles. The Balaban J connectivity index is -0.000000720. The number of aliphatic imine (C=N–C) groups is 2. The fraction of sp³-hybridized carbons (Fsp3) is 0.667. The third-order valence-electron chi connectivity index (χ3n) is 1.10. The highest BCUT2D eigenvalue weighted by Gasteiger charge is 2.17. The van der Waals surface area contributed by atoms with E-state index in [1.165, 1.54) is 12.2 Å². The summed E-state index contributed by atoms with van der Waals surface area (Å²) in [7, 11) is 0. The summed E-state index contributed by atoms with van der Waals surface area (Å²) in [5, 5.41) is 0. The number of hydrogen-bond acceptors (Lipinski definition) is 6. The van der Waals surface area contributed by atoms with Crippen LogP contribution in [0, 0.1) is 0 Å². The maximum Gasteiger partial charge on any atom is 0.333 e. The third-order valence-corrected chi connectivity index (χ3v) is 1.10. The van der Waals surface area contributed by atoms with E-state index in [1.54, 1.807) is 6.92 Å². The van der Waals surface area contributed by atoms with Crippen LogP contribution in [0.25, 0.3) is 0 Å². The average Bonchev–Trinajstić information content (AvgIpc) is 2.12. The van der Waals surface area contributed by atoms with Crippen LogP contribution < -0.4 is 0 Å². The Bertz CT molecular complexity index is 265. The number of esters is 1. The van der Waals surface area contributed by atoms with E-state index in [4.69, 9.17) is 0 Å². The molecule has 1 atom stereocenters. The van der Waals surface area contributed by atoms with Gasteiger partial charge in [-0.15, -0.1) is 0 Å². The van der Waals surface area contributed by atoms with E-state index < -0.39 is 12.0 Å². The van der Waals surface area contributed by atoms with E-state index in [1.807, 2.05) is 0 Å². The average molecular weight is 216 g/mol. The van der Waals surface area contributed by atoms with Gasteiger partial charge in [-0.3, -0.25) is 0 Å². The van der Waals surface area contributed by atoms with Gasteiger partial charge in [-0.05, 0) is 6.92 Å². The minimum atomic E-state index is -1.08. The van der Waals surface area contributed by atoms with Gasteiger partial charge in [-0.1, -0.05) is 14.9 Å². The second-order valence-corrected chi connectivity index (χ2v) is 1.92. The van der Waals surface area contributed by atoms with Crippen LogP contribution in [0.2, 0.25) is 0 Å². The van der Waals surface area contributed by atoms with Gasteiger partial charge in [0, 0.05) is 0 Å². The summed E-state index contributed by atoms with van der Waals surface area (Å²) in [5.41, 5.74) is 0. The first-order chi connectivity index (χ1) is 6.26. The van der Waals surface area contributed by atoms with Crippen LogP contribution >= 0.6 is 0 Å². The van der Waals surface area contributed by atoms with Crippen molar-refractivity contribution < 1.29 is 19.1 Å². The maximum atomic E-state index is 11.0. The lowest BCUT2D eigenvalue weighted by Crippen LogP contribution is -2.24. The molecule has 0 spiro atoms. The van der Waals surface area contributed by atoms with Gasteiger partial charge in [0.25, 0.3) is 0 Å². The van der Waals surface area contributed by atoms with Crippen LogP contribution in [-0.4, -0.2) is 37.3 Å². The molecule has 0 aliphatic carbocycles. The summed E-state index contributed by atoms with van der Waals surface area (Å²) in [6.07, 6.45) is 2.43. The van der Waals surface area contributed by atoms with Crippen molar-refractivity contribution in [2.45, 2.75) is 27.8 Å². The molecule has 0 aromatic heterocycles. The van der Waals surface area contributed by atoms with Crippen molar-refractivity contribution in [1.82, 2.24) is 0 Å². The molecule has 0 saturated heterocycles. The van der Waals surface area contributed by atoms with Gasteiger partial charge in [0.15, 0.2) is 6.04 Å². The lowest BCUT2D eigenvalue weighted by molar-refractivity contribution is -0.144. The van der Waals surface area contributed by atoms with Gasteiger partial charge < -0.3 is 4.74 Å². The zero-order chi connectivity index (χ0) is 10.1. The van der Waals surface area contributed by atoms with Gasteiger partial charge in [0.1, 0.15) is 0 Å². The smallest absolute Gasteiger partial charge is 0.333 e. The van der Waals surface area contributed by atoms with Crippen LogP contribution in [0.1, 0.15) is 21.8 Å². The number of rotatable bonds is 5. The van der Waals surface area contributed by atoms with Crippen LogP contribution in [0.5, 0.6) is 0 Å². The van der Waals surface area contributed by atoms with E-state index in [9.17, 15) is 14.4 Å². The molecule has 0 bridgehead atoms. The van der Waals surface area contributed by atoms with E-state index in [0.717, 1.165) is 0 Å². The van der Waals surface area contributed by atoms with Crippen molar-refractivity contribution in [3.63, 3.8) is 0 Å². The quantitative estimate of drug-likeness (QED) is 0.387. The molecule has 0 amide bonds. The Labute approximate surface area is 89.1 Å². The molecule has 0 fully saturated rings. The molecular weight excluding hydrogens is 200 g/mol. The molecule has 0 saturated carbocycles. The van der Waals surface area contributed by atoms with E-state index in [2.05, 4.69) is 14.7 Å². The van der Waals surface area contributed by atoms with Gasteiger partial charge in [0.2, 0.25) is 12.2 Å². The van der Waals surface area contributed by atoms with Gasteiger partial charge in [0.05, 0.1) is 13.2 Å². The summed E-state index contributed by atoms with van der Waals surface area (Å²) in [5.74, 6) is -0.704. The van der Waals surface area contributed by atoms with Crippen LogP contribution in [0.3, 0.4) is 0 Å². The number of carbonyl (C=O) groups excluding carboxylic acids is 3. The number of hydrogen-bond donors (Lipinski definition) is 0.